The maximum Gasteiger partial charge on any atom is 0.300 e. The quantitative estimate of drug-likeness (QED) is 0.776. The summed E-state index contributed by atoms with van der Waals surface area (Å²) in [7, 11) is 0. The summed E-state index contributed by atoms with van der Waals surface area (Å²) in [4.78, 5) is 28.4. The fourth-order valence-electron chi connectivity index (χ4n) is 2.04. The van der Waals surface area contributed by atoms with Crippen LogP contribution in [0.25, 0.3) is 0 Å². The Morgan fingerprint density at radius 3 is 2.70 bits per heavy atom. The van der Waals surface area contributed by atoms with Crippen molar-refractivity contribution in [1.82, 2.24) is 10.1 Å². The zero-order chi connectivity index (χ0) is 14.4. The number of ketones is 1. The van der Waals surface area contributed by atoms with E-state index in [9.17, 15) is 18.4 Å². The number of carbonyl (C=O) groups excluding carboxylic acids is 2. The molecular weight excluding hydrogens is 272 g/mol. The number of aryl methyl sites for hydroxylation is 1. The fraction of sp³-hybridized carbons (Fsp3) is 0.167. The maximum atomic E-state index is 13.6. The lowest BCUT2D eigenvalue weighted by Gasteiger charge is -2.13. The molecule has 0 N–H and O–H groups in total. The van der Waals surface area contributed by atoms with Crippen molar-refractivity contribution in [1.29, 1.82) is 0 Å². The Morgan fingerprint density at radius 1 is 1.30 bits per heavy atom. The molecule has 0 unspecified atom stereocenters. The Bertz CT molecular complexity index is 742. The van der Waals surface area contributed by atoms with Crippen LogP contribution in [0.15, 0.2) is 16.7 Å². The number of Topliss-reactive ketones (excluding diaryl/α,β-unsaturated/α-hetero) is 1. The van der Waals surface area contributed by atoms with E-state index in [1.54, 1.807) is 6.92 Å². The van der Waals surface area contributed by atoms with E-state index in [1.807, 2.05) is 0 Å². The Hall–Kier alpha value is -2.64. The molecule has 0 saturated carbocycles. The highest BCUT2D eigenvalue weighted by atomic mass is 19.1. The van der Waals surface area contributed by atoms with Crippen molar-refractivity contribution in [3.05, 3.63) is 41.0 Å². The van der Waals surface area contributed by atoms with Gasteiger partial charge in [0.15, 0.2) is 5.82 Å². The third-order valence-electron chi connectivity index (χ3n) is 2.86. The normalized spacial score (nSPS) is 14.1. The predicted octanol–water partition coefficient (Wildman–Crippen LogP) is 1.39. The van der Waals surface area contributed by atoms with Crippen LogP contribution in [0.3, 0.4) is 0 Å². The Labute approximate surface area is 111 Å². The van der Waals surface area contributed by atoms with Crippen LogP contribution in [0.1, 0.15) is 22.1 Å². The minimum Gasteiger partial charge on any atom is -0.340 e. The molecule has 0 saturated heterocycles. The van der Waals surface area contributed by atoms with Crippen LogP contribution < -0.4 is 4.90 Å². The molecule has 1 aromatic heterocycles. The van der Waals surface area contributed by atoms with Gasteiger partial charge in [-0.2, -0.15) is 4.98 Å². The first kappa shape index (κ1) is 12.4. The van der Waals surface area contributed by atoms with Gasteiger partial charge in [0, 0.05) is 13.0 Å². The van der Waals surface area contributed by atoms with Gasteiger partial charge in [-0.05, 0) is 6.07 Å². The van der Waals surface area contributed by atoms with Crippen molar-refractivity contribution in [3.63, 3.8) is 0 Å². The van der Waals surface area contributed by atoms with Gasteiger partial charge in [-0.15, -0.1) is 0 Å². The molecule has 6 nitrogen and oxygen atoms in total. The van der Waals surface area contributed by atoms with Crippen molar-refractivity contribution >= 4 is 17.4 Å². The number of halogens is 2. The molecule has 1 aromatic carbocycles. The van der Waals surface area contributed by atoms with E-state index in [1.165, 1.54) is 0 Å². The van der Waals surface area contributed by atoms with Crippen LogP contribution in [0.5, 0.6) is 0 Å². The van der Waals surface area contributed by atoms with Crippen molar-refractivity contribution in [2.75, 3.05) is 4.90 Å². The molecule has 2 heterocycles. The smallest absolute Gasteiger partial charge is 0.300 e. The number of carbonyl (C=O) groups is 2. The number of amides is 1. The highest BCUT2D eigenvalue weighted by molar-refractivity contribution is 6.52. The molecule has 0 bridgehead atoms. The van der Waals surface area contributed by atoms with E-state index < -0.39 is 28.9 Å². The van der Waals surface area contributed by atoms with Gasteiger partial charge in [0.25, 0.3) is 11.7 Å². The number of nitrogens with zero attached hydrogens (tertiary/aromatic N) is 3. The minimum absolute atomic E-state index is 0.125. The number of rotatable bonds is 2. The molecule has 2 aromatic rings. The molecule has 0 radical (unpaired) electrons. The zero-order valence-corrected chi connectivity index (χ0v) is 10.2. The van der Waals surface area contributed by atoms with E-state index in [0.717, 1.165) is 11.0 Å². The lowest BCUT2D eigenvalue weighted by atomic mass is 10.1. The highest BCUT2D eigenvalue weighted by Crippen LogP contribution is 2.32. The van der Waals surface area contributed by atoms with E-state index in [-0.39, 0.29) is 23.9 Å². The van der Waals surface area contributed by atoms with Gasteiger partial charge in [-0.1, -0.05) is 5.16 Å². The molecular formula is C12H7F2N3O3. The third kappa shape index (κ3) is 1.77. The molecule has 1 amide bonds. The highest BCUT2D eigenvalue weighted by Gasteiger charge is 2.39. The SMILES string of the molecule is Cc1nc(CN2C(=O)C(=O)c3c(F)cc(F)cc32)no1. The molecule has 102 valence electrons. The Balaban J connectivity index is 2.06. The Kier molecular flexibility index (Phi) is 2.60. The van der Waals surface area contributed by atoms with Gasteiger partial charge in [-0.3, -0.25) is 14.5 Å². The van der Waals surface area contributed by atoms with Crippen LogP contribution in [0.2, 0.25) is 0 Å². The molecule has 0 aliphatic carbocycles. The molecule has 0 atom stereocenters. The molecule has 20 heavy (non-hydrogen) atoms. The van der Waals surface area contributed by atoms with Gasteiger partial charge in [0.05, 0.1) is 17.8 Å². The fourth-order valence-corrected chi connectivity index (χ4v) is 2.04. The molecule has 1 aliphatic rings. The average molecular weight is 279 g/mol. The summed E-state index contributed by atoms with van der Waals surface area (Å²) in [6, 6.07) is 1.49. The summed E-state index contributed by atoms with van der Waals surface area (Å²) in [6.07, 6.45) is 0. The average Bonchev–Trinajstić information content (AvgIpc) is 2.87. The monoisotopic (exact) mass is 279 g/mol. The topological polar surface area (TPSA) is 76.3 Å². The number of aromatic nitrogens is 2. The number of benzene rings is 1. The number of anilines is 1. The second-order valence-electron chi connectivity index (χ2n) is 4.23. The van der Waals surface area contributed by atoms with Gasteiger partial charge < -0.3 is 4.52 Å². The molecule has 0 fully saturated rings. The van der Waals surface area contributed by atoms with Gasteiger partial charge in [0.2, 0.25) is 5.89 Å². The standard InChI is InChI=1S/C12H7F2N3O3/c1-5-15-9(16-20-5)4-17-8-3-6(13)2-7(14)10(8)11(18)12(17)19/h2-3H,4H2,1H3. The number of hydrogen-bond donors (Lipinski definition) is 0. The zero-order valence-electron chi connectivity index (χ0n) is 10.2. The number of fused-ring (bicyclic) bond motifs is 1. The summed E-state index contributed by atoms with van der Waals surface area (Å²) >= 11 is 0. The first-order chi connectivity index (χ1) is 9.47. The van der Waals surface area contributed by atoms with Gasteiger partial charge in [0.1, 0.15) is 11.6 Å². The van der Waals surface area contributed by atoms with Crippen LogP contribution in [-0.2, 0) is 11.3 Å². The number of hydrogen-bond acceptors (Lipinski definition) is 5. The first-order valence-electron chi connectivity index (χ1n) is 5.62. The van der Waals surface area contributed by atoms with Crippen LogP contribution in [0, 0.1) is 18.6 Å². The summed E-state index contributed by atoms with van der Waals surface area (Å²) in [5, 5.41) is 3.58. The van der Waals surface area contributed by atoms with E-state index in [2.05, 4.69) is 10.1 Å². The molecule has 3 rings (SSSR count). The van der Waals surface area contributed by atoms with E-state index in [4.69, 9.17) is 4.52 Å². The van der Waals surface area contributed by atoms with Crippen LogP contribution in [-0.4, -0.2) is 21.8 Å². The lowest BCUT2D eigenvalue weighted by molar-refractivity contribution is -0.114. The first-order valence-corrected chi connectivity index (χ1v) is 5.62. The van der Waals surface area contributed by atoms with Crippen molar-refractivity contribution < 1.29 is 22.9 Å². The van der Waals surface area contributed by atoms with Gasteiger partial charge in [-0.25, -0.2) is 8.78 Å². The van der Waals surface area contributed by atoms with Crippen LogP contribution in [0.4, 0.5) is 14.5 Å². The van der Waals surface area contributed by atoms with E-state index in [0.29, 0.717) is 6.07 Å². The third-order valence-corrected chi connectivity index (χ3v) is 2.86. The predicted molar refractivity (Wildman–Crippen MR) is 60.9 cm³/mol. The summed E-state index contributed by atoms with van der Waals surface area (Å²) < 4.78 is 31.6. The molecule has 8 heteroatoms. The lowest BCUT2D eigenvalue weighted by Crippen LogP contribution is -2.29. The minimum atomic E-state index is -1.06. The summed E-state index contributed by atoms with van der Waals surface area (Å²) in [5.41, 5.74) is -0.559. The maximum absolute atomic E-state index is 13.6. The second kappa shape index (κ2) is 4.19. The van der Waals surface area contributed by atoms with Gasteiger partial charge >= 0.3 is 0 Å². The van der Waals surface area contributed by atoms with Crippen molar-refractivity contribution in [2.45, 2.75) is 13.5 Å². The van der Waals surface area contributed by atoms with Crippen LogP contribution >= 0.6 is 0 Å². The largest absolute Gasteiger partial charge is 0.340 e. The van der Waals surface area contributed by atoms with Crippen molar-refractivity contribution in [3.8, 4) is 0 Å². The van der Waals surface area contributed by atoms with Crippen molar-refractivity contribution in [2.24, 2.45) is 0 Å². The second-order valence-corrected chi connectivity index (χ2v) is 4.23. The molecule has 0 spiro atoms. The molecule has 1 aliphatic heterocycles. The Morgan fingerprint density at radius 2 is 2.05 bits per heavy atom. The summed E-state index contributed by atoms with van der Waals surface area (Å²) in [5.74, 6) is -3.49. The summed E-state index contributed by atoms with van der Waals surface area (Å²) in [6.45, 7) is 1.36. The van der Waals surface area contributed by atoms with E-state index >= 15 is 0 Å².